The van der Waals surface area contributed by atoms with E-state index in [0.29, 0.717) is 12.2 Å². The van der Waals surface area contributed by atoms with E-state index in [0.717, 1.165) is 36.6 Å². The quantitative estimate of drug-likeness (QED) is 0.836. The van der Waals surface area contributed by atoms with Gasteiger partial charge < -0.3 is 15.2 Å². The fraction of sp³-hybridized carbons (Fsp3) is 0.381. The van der Waals surface area contributed by atoms with Gasteiger partial charge in [-0.25, -0.2) is 9.18 Å². The molecule has 3 atom stereocenters. The molecule has 136 valence electrons. The van der Waals surface area contributed by atoms with Gasteiger partial charge in [-0.1, -0.05) is 25.1 Å². The van der Waals surface area contributed by atoms with E-state index in [9.17, 15) is 9.18 Å². The van der Waals surface area contributed by atoms with Crippen LogP contribution in [0.3, 0.4) is 0 Å². The molecule has 4 nitrogen and oxygen atoms in total. The van der Waals surface area contributed by atoms with Crippen LogP contribution in [-0.2, 0) is 11.2 Å². The lowest BCUT2D eigenvalue weighted by molar-refractivity contribution is -0.0384. The Kier molecular flexibility index (Phi) is 4.41. The molecule has 1 fully saturated rings. The van der Waals surface area contributed by atoms with Gasteiger partial charge in [0.2, 0.25) is 0 Å². The predicted molar refractivity (Wildman–Crippen MR) is 97.0 cm³/mol. The maximum atomic E-state index is 14.7. The maximum Gasteiger partial charge on any atom is 0.335 e. The van der Waals surface area contributed by atoms with Crippen LogP contribution < -0.4 is 5.32 Å². The number of carboxylic acid groups (broad SMARTS) is 1. The van der Waals surface area contributed by atoms with Crippen molar-refractivity contribution in [3.05, 3.63) is 64.5 Å². The van der Waals surface area contributed by atoms with E-state index >= 15 is 0 Å². The highest BCUT2D eigenvalue weighted by Gasteiger charge is 2.40. The normalized spacial score (nSPS) is 24.3. The van der Waals surface area contributed by atoms with Crippen molar-refractivity contribution < 1.29 is 19.0 Å². The zero-order valence-corrected chi connectivity index (χ0v) is 14.7. The number of fused-ring (bicyclic) bond motifs is 3. The third kappa shape index (κ3) is 2.86. The number of halogens is 1. The van der Waals surface area contributed by atoms with E-state index < -0.39 is 11.8 Å². The van der Waals surface area contributed by atoms with E-state index in [1.165, 1.54) is 11.6 Å². The summed E-state index contributed by atoms with van der Waals surface area (Å²) in [6, 6.07) is 10.2. The zero-order chi connectivity index (χ0) is 18.3. The average Bonchev–Trinajstić information content (AvgIpc) is 2.67. The highest BCUT2D eigenvalue weighted by molar-refractivity contribution is 5.87. The van der Waals surface area contributed by atoms with E-state index in [4.69, 9.17) is 9.84 Å². The second-order valence-corrected chi connectivity index (χ2v) is 7.04. The van der Waals surface area contributed by atoms with Gasteiger partial charge in [-0.15, -0.1) is 0 Å². The minimum Gasteiger partial charge on any atom is -0.478 e. The summed E-state index contributed by atoms with van der Waals surface area (Å²) in [4.78, 5) is 11.1. The van der Waals surface area contributed by atoms with Crippen molar-refractivity contribution in [2.45, 2.75) is 38.3 Å². The molecule has 2 aromatic carbocycles. The van der Waals surface area contributed by atoms with Crippen LogP contribution in [0.15, 0.2) is 36.4 Å². The van der Waals surface area contributed by atoms with E-state index in [1.807, 2.05) is 6.07 Å². The van der Waals surface area contributed by atoms with Crippen molar-refractivity contribution in [2.24, 2.45) is 5.92 Å². The van der Waals surface area contributed by atoms with Gasteiger partial charge in [0.1, 0.15) is 5.82 Å². The second-order valence-electron chi connectivity index (χ2n) is 7.04. The van der Waals surface area contributed by atoms with Crippen molar-refractivity contribution >= 4 is 11.7 Å². The number of rotatable bonds is 3. The standard InChI is InChI=1S/C21H22FNO3/c1-2-12-5-8-18-16(10-12)20-15(4-3-9-26-20)19(23-18)14-7-6-13(21(24)25)11-17(14)22/h5-8,10-11,15,19-20,23H,2-4,9H2,1H3,(H,24,25)/t15-,19-,20-/m1/s1. The highest BCUT2D eigenvalue weighted by atomic mass is 19.1. The van der Waals surface area contributed by atoms with Gasteiger partial charge in [0, 0.05) is 29.3 Å². The number of ether oxygens (including phenoxy) is 1. The molecule has 2 aromatic rings. The Morgan fingerprint density at radius 2 is 2.12 bits per heavy atom. The van der Waals surface area contributed by atoms with Gasteiger partial charge in [-0.3, -0.25) is 0 Å². The number of hydrogen-bond donors (Lipinski definition) is 2. The topological polar surface area (TPSA) is 58.6 Å². The molecule has 1 saturated heterocycles. The molecule has 0 unspecified atom stereocenters. The summed E-state index contributed by atoms with van der Waals surface area (Å²) in [5, 5.41) is 12.6. The molecule has 0 saturated carbocycles. The number of aromatic carboxylic acids is 1. The fourth-order valence-electron chi connectivity index (χ4n) is 4.16. The van der Waals surface area contributed by atoms with Crippen molar-refractivity contribution in [3.63, 3.8) is 0 Å². The van der Waals surface area contributed by atoms with E-state index in [2.05, 4.69) is 24.4 Å². The van der Waals surface area contributed by atoms with Crippen LogP contribution in [0.1, 0.15) is 59.0 Å². The molecule has 0 bridgehead atoms. The number of benzene rings is 2. The number of hydrogen-bond acceptors (Lipinski definition) is 3. The maximum absolute atomic E-state index is 14.7. The molecule has 4 rings (SSSR count). The van der Waals surface area contributed by atoms with Gasteiger partial charge in [-0.2, -0.15) is 0 Å². The molecule has 26 heavy (non-hydrogen) atoms. The number of aryl methyl sites for hydroxylation is 1. The molecular weight excluding hydrogens is 333 g/mol. The van der Waals surface area contributed by atoms with Gasteiger partial charge >= 0.3 is 5.97 Å². The monoisotopic (exact) mass is 355 g/mol. The third-order valence-electron chi connectivity index (χ3n) is 5.52. The smallest absolute Gasteiger partial charge is 0.335 e. The van der Waals surface area contributed by atoms with Crippen LogP contribution in [0.4, 0.5) is 10.1 Å². The number of carbonyl (C=O) groups is 1. The molecule has 2 heterocycles. The summed E-state index contributed by atoms with van der Waals surface area (Å²) in [7, 11) is 0. The Balaban J connectivity index is 1.76. The lowest BCUT2D eigenvalue weighted by Gasteiger charge is -2.43. The minimum atomic E-state index is -1.12. The number of nitrogens with one attached hydrogen (secondary N) is 1. The zero-order valence-electron chi connectivity index (χ0n) is 14.7. The molecule has 2 N–H and O–H groups in total. The first-order valence-electron chi connectivity index (χ1n) is 9.12. The van der Waals surface area contributed by atoms with Gasteiger partial charge in [0.25, 0.3) is 0 Å². The Bertz CT molecular complexity index is 851. The summed E-state index contributed by atoms with van der Waals surface area (Å²) < 4.78 is 20.8. The summed E-state index contributed by atoms with van der Waals surface area (Å²) in [5.41, 5.74) is 3.84. The summed E-state index contributed by atoms with van der Waals surface area (Å²) in [6.45, 7) is 2.84. The molecule has 0 radical (unpaired) electrons. The largest absolute Gasteiger partial charge is 0.478 e. The minimum absolute atomic E-state index is 0.0357. The van der Waals surface area contributed by atoms with Crippen LogP contribution in [0, 0.1) is 11.7 Å². The summed E-state index contributed by atoms with van der Waals surface area (Å²) >= 11 is 0. The highest BCUT2D eigenvalue weighted by Crippen LogP contribution is 2.49. The Morgan fingerprint density at radius 3 is 2.85 bits per heavy atom. The molecule has 2 aliphatic heterocycles. The van der Waals surface area contributed by atoms with Gasteiger partial charge in [-0.05, 0) is 43.0 Å². The molecular formula is C21H22FNO3. The number of anilines is 1. The lowest BCUT2D eigenvalue weighted by Crippen LogP contribution is -2.36. The molecule has 0 aromatic heterocycles. The van der Waals surface area contributed by atoms with Crippen molar-refractivity contribution in [1.29, 1.82) is 0 Å². The third-order valence-corrected chi connectivity index (χ3v) is 5.52. The predicted octanol–water partition coefficient (Wildman–Crippen LogP) is 4.72. The first-order valence-corrected chi connectivity index (χ1v) is 9.12. The molecule has 0 spiro atoms. The summed E-state index contributed by atoms with van der Waals surface area (Å²) in [6.07, 6.45) is 2.78. The molecule has 0 aliphatic carbocycles. The van der Waals surface area contributed by atoms with Crippen molar-refractivity contribution in [2.75, 3.05) is 11.9 Å². The van der Waals surface area contributed by atoms with Crippen molar-refractivity contribution in [3.8, 4) is 0 Å². The Morgan fingerprint density at radius 1 is 1.27 bits per heavy atom. The summed E-state index contributed by atoms with van der Waals surface area (Å²) in [5.74, 6) is -1.49. The first-order chi connectivity index (χ1) is 12.6. The van der Waals surface area contributed by atoms with Gasteiger partial charge in [0.15, 0.2) is 0 Å². The fourth-order valence-corrected chi connectivity index (χ4v) is 4.16. The Hall–Kier alpha value is -2.40. The first kappa shape index (κ1) is 17.0. The SMILES string of the molecule is CCc1ccc2c(c1)[C@@H]1OCCC[C@@H]1[C@@H](c1ccc(C(=O)O)cc1F)N2. The second kappa shape index (κ2) is 6.72. The lowest BCUT2D eigenvalue weighted by atomic mass is 9.77. The van der Waals surface area contributed by atoms with Crippen LogP contribution >= 0.6 is 0 Å². The van der Waals surface area contributed by atoms with Crippen LogP contribution in [0.2, 0.25) is 0 Å². The number of carboxylic acids is 1. The molecule has 5 heteroatoms. The molecule has 0 amide bonds. The van der Waals surface area contributed by atoms with Crippen LogP contribution in [0.5, 0.6) is 0 Å². The van der Waals surface area contributed by atoms with Gasteiger partial charge in [0.05, 0.1) is 17.7 Å². The average molecular weight is 355 g/mol. The Labute approximate surface area is 152 Å². The molecule has 2 aliphatic rings. The van der Waals surface area contributed by atoms with E-state index in [1.54, 1.807) is 6.07 Å². The van der Waals surface area contributed by atoms with Crippen molar-refractivity contribution in [1.82, 2.24) is 0 Å². The van der Waals surface area contributed by atoms with E-state index in [-0.39, 0.29) is 23.6 Å². The van der Waals surface area contributed by atoms with Crippen LogP contribution in [-0.4, -0.2) is 17.7 Å². The van der Waals surface area contributed by atoms with Crippen LogP contribution in [0.25, 0.3) is 0 Å².